The Morgan fingerprint density at radius 2 is 1.76 bits per heavy atom. The Morgan fingerprint density at radius 1 is 1.09 bits per heavy atom. The van der Waals surface area contributed by atoms with E-state index in [-0.39, 0.29) is 42.1 Å². The van der Waals surface area contributed by atoms with Gasteiger partial charge in [-0.05, 0) is 71.3 Å². The molecule has 0 spiro atoms. The molecule has 0 unspecified atom stereocenters. The van der Waals surface area contributed by atoms with Crippen LogP contribution in [0, 0.1) is 23.7 Å². The lowest BCUT2D eigenvalue weighted by atomic mass is 9.63. The Bertz CT molecular complexity index is 1170. The van der Waals surface area contributed by atoms with Crippen molar-refractivity contribution in [2.75, 3.05) is 6.61 Å². The fourth-order valence-corrected chi connectivity index (χ4v) is 5.89. The average Bonchev–Trinajstić information content (AvgIpc) is 3.11. The van der Waals surface area contributed by atoms with E-state index in [1.807, 2.05) is 37.3 Å². The van der Waals surface area contributed by atoms with Crippen LogP contribution < -0.4 is 9.47 Å². The van der Waals surface area contributed by atoms with Crippen LogP contribution in [0.4, 0.5) is 0 Å². The Balaban J connectivity index is 1.36. The highest BCUT2D eigenvalue weighted by atomic mass is 79.9. The Hall–Kier alpha value is -2.64. The van der Waals surface area contributed by atoms with Crippen LogP contribution in [0.1, 0.15) is 30.9 Å². The molecule has 1 saturated heterocycles. The summed E-state index contributed by atoms with van der Waals surface area (Å²) in [5.41, 5.74) is 1.54. The summed E-state index contributed by atoms with van der Waals surface area (Å²) in [5, 5.41) is 5.99. The number of allylic oxidation sites excluding steroid dienone is 2. The number of benzene rings is 2. The lowest BCUT2D eigenvalue weighted by molar-refractivity contribution is -0.140. The summed E-state index contributed by atoms with van der Waals surface area (Å²) >= 11 is 9.80. The van der Waals surface area contributed by atoms with Crippen LogP contribution in [0.25, 0.3) is 0 Å². The minimum atomic E-state index is -0.278. The monoisotopic (exact) mass is 542 g/mol. The molecule has 1 aliphatic heterocycles. The minimum absolute atomic E-state index is 0.139. The van der Waals surface area contributed by atoms with Crippen LogP contribution in [-0.2, 0) is 16.2 Å². The van der Waals surface area contributed by atoms with Crippen molar-refractivity contribution in [3.05, 3.63) is 69.2 Å². The molecule has 6 rings (SSSR count). The van der Waals surface area contributed by atoms with Crippen LogP contribution >= 0.6 is 27.5 Å². The molecule has 34 heavy (non-hydrogen) atoms. The molecule has 2 aromatic carbocycles. The third-order valence-corrected chi connectivity index (χ3v) is 7.68. The van der Waals surface area contributed by atoms with Gasteiger partial charge in [-0.3, -0.25) is 9.59 Å². The highest BCUT2D eigenvalue weighted by molar-refractivity contribution is 9.10. The molecule has 8 heteroatoms. The zero-order valence-electron chi connectivity index (χ0n) is 18.6. The van der Waals surface area contributed by atoms with Crippen LogP contribution in [0.5, 0.6) is 11.5 Å². The molecule has 0 aromatic heterocycles. The molecule has 176 valence electrons. The number of carbonyl (C=O) groups excluding carboxylic acids is 2. The fourth-order valence-electron chi connectivity index (χ4n) is 5.13. The maximum atomic E-state index is 13.0. The predicted octanol–water partition coefficient (Wildman–Crippen LogP) is 5.61. The molecule has 2 fully saturated rings. The maximum Gasteiger partial charge on any atom is 0.254 e. The third kappa shape index (κ3) is 4.16. The second-order valence-corrected chi connectivity index (χ2v) is 9.98. The number of imide groups is 1. The molecule has 4 atom stereocenters. The van der Waals surface area contributed by atoms with Gasteiger partial charge in [0.15, 0.2) is 11.5 Å². The van der Waals surface area contributed by atoms with Crippen molar-refractivity contribution >= 4 is 45.6 Å². The summed E-state index contributed by atoms with van der Waals surface area (Å²) in [6.07, 6.45) is 7.63. The normalized spacial score (nSPS) is 25.3. The first-order chi connectivity index (χ1) is 16.5. The van der Waals surface area contributed by atoms with E-state index < -0.39 is 0 Å². The molecule has 3 aliphatic carbocycles. The van der Waals surface area contributed by atoms with Gasteiger partial charge < -0.3 is 9.47 Å². The summed E-state index contributed by atoms with van der Waals surface area (Å²) in [4.78, 5) is 26.0. The lowest BCUT2D eigenvalue weighted by Gasteiger charge is -2.37. The molecule has 6 nitrogen and oxygen atoms in total. The summed E-state index contributed by atoms with van der Waals surface area (Å²) in [6.45, 7) is 2.61. The summed E-state index contributed by atoms with van der Waals surface area (Å²) in [7, 11) is 0. The third-order valence-electron chi connectivity index (χ3n) is 6.72. The SMILES string of the molecule is CCOc1cc(/C=N\N2C(=O)[C@@H]3[C@@H](C2=O)[C@@H]2C=C[C@@H]3CC2)cc(Br)c1OCc1ccccc1Cl. The smallest absolute Gasteiger partial charge is 0.254 e. The van der Waals surface area contributed by atoms with Crippen LogP contribution in [0.3, 0.4) is 0 Å². The summed E-state index contributed by atoms with van der Waals surface area (Å²) < 4.78 is 12.5. The first-order valence-corrected chi connectivity index (χ1v) is 12.6. The number of fused-ring (bicyclic) bond motifs is 1. The fraction of sp³-hybridized carbons (Fsp3) is 0.346. The van der Waals surface area contributed by atoms with E-state index in [1.165, 1.54) is 6.21 Å². The molecular weight excluding hydrogens is 520 g/mol. The summed E-state index contributed by atoms with van der Waals surface area (Å²) in [5.74, 6) is 0.392. The molecule has 1 heterocycles. The Morgan fingerprint density at radius 3 is 2.38 bits per heavy atom. The van der Waals surface area contributed by atoms with Crippen molar-refractivity contribution in [3.63, 3.8) is 0 Å². The van der Waals surface area contributed by atoms with E-state index in [0.717, 1.165) is 23.4 Å². The lowest BCUT2D eigenvalue weighted by Crippen LogP contribution is -2.38. The van der Waals surface area contributed by atoms with Gasteiger partial charge in [-0.25, -0.2) is 0 Å². The van der Waals surface area contributed by atoms with E-state index in [4.69, 9.17) is 21.1 Å². The van der Waals surface area contributed by atoms with Crippen molar-refractivity contribution in [1.29, 1.82) is 0 Å². The molecule has 2 amide bonds. The van der Waals surface area contributed by atoms with Gasteiger partial charge in [-0.2, -0.15) is 10.1 Å². The minimum Gasteiger partial charge on any atom is -0.490 e. The topological polar surface area (TPSA) is 68.2 Å². The number of ether oxygens (including phenoxy) is 2. The van der Waals surface area contributed by atoms with Gasteiger partial charge in [-0.1, -0.05) is 42.0 Å². The largest absolute Gasteiger partial charge is 0.490 e. The van der Waals surface area contributed by atoms with Crippen molar-refractivity contribution in [1.82, 2.24) is 5.01 Å². The van der Waals surface area contributed by atoms with Gasteiger partial charge in [0, 0.05) is 10.6 Å². The predicted molar refractivity (Wildman–Crippen MR) is 133 cm³/mol. The number of hydrogen-bond acceptors (Lipinski definition) is 5. The average molecular weight is 544 g/mol. The first kappa shape index (κ1) is 23.1. The Kier molecular flexibility index (Phi) is 6.49. The highest BCUT2D eigenvalue weighted by Gasteiger charge is 2.56. The number of hydrazone groups is 1. The number of rotatable bonds is 7. The molecular formula is C26H24BrClN2O4. The maximum absolute atomic E-state index is 13.0. The summed E-state index contributed by atoms with van der Waals surface area (Å²) in [6, 6.07) is 11.1. The van der Waals surface area contributed by atoms with Gasteiger partial charge >= 0.3 is 0 Å². The molecule has 2 bridgehead atoms. The first-order valence-electron chi connectivity index (χ1n) is 11.4. The van der Waals surface area contributed by atoms with Crippen molar-refractivity contribution in [2.45, 2.75) is 26.4 Å². The van der Waals surface area contributed by atoms with E-state index >= 15 is 0 Å². The standard InChI is InChI=1S/C26H24BrClN2O4/c1-2-33-21-12-15(11-19(27)24(21)34-14-18-5-3-4-6-20(18)28)13-29-30-25(31)22-16-7-8-17(10-9-16)23(22)26(30)32/h3-8,11-13,16-17,22-23H,2,9-10,14H2,1H3/b29-13-/t16-,17-,22+,23+/m1/s1. The van der Waals surface area contributed by atoms with Crippen molar-refractivity contribution in [3.8, 4) is 11.5 Å². The zero-order chi connectivity index (χ0) is 23.8. The van der Waals surface area contributed by atoms with Gasteiger partial charge in [-0.15, -0.1) is 0 Å². The number of hydrogen-bond donors (Lipinski definition) is 0. The zero-order valence-corrected chi connectivity index (χ0v) is 21.0. The van der Waals surface area contributed by atoms with Gasteiger partial charge in [0.25, 0.3) is 11.8 Å². The second kappa shape index (κ2) is 9.55. The highest BCUT2D eigenvalue weighted by Crippen LogP contribution is 2.49. The van der Waals surface area contributed by atoms with Crippen LogP contribution in [0.15, 0.2) is 58.1 Å². The van der Waals surface area contributed by atoms with Crippen LogP contribution in [-0.4, -0.2) is 29.6 Å². The van der Waals surface area contributed by atoms with E-state index in [2.05, 4.69) is 33.2 Å². The number of nitrogens with zero attached hydrogens (tertiary/aromatic N) is 2. The quantitative estimate of drug-likeness (QED) is 0.259. The van der Waals surface area contributed by atoms with Gasteiger partial charge in [0.2, 0.25) is 0 Å². The number of halogens is 2. The Labute approximate surface area is 211 Å². The van der Waals surface area contributed by atoms with Gasteiger partial charge in [0.1, 0.15) is 6.61 Å². The van der Waals surface area contributed by atoms with Crippen LogP contribution in [0.2, 0.25) is 5.02 Å². The van der Waals surface area contributed by atoms with E-state index in [9.17, 15) is 9.59 Å². The molecule has 4 aliphatic rings. The molecule has 0 radical (unpaired) electrons. The molecule has 0 N–H and O–H groups in total. The molecule has 1 saturated carbocycles. The van der Waals surface area contributed by atoms with Gasteiger partial charge in [0.05, 0.1) is 29.1 Å². The van der Waals surface area contributed by atoms with Crippen molar-refractivity contribution < 1.29 is 19.1 Å². The van der Waals surface area contributed by atoms with Crippen molar-refractivity contribution in [2.24, 2.45) is 28.8 Å². The van der Waals surface area contributed by atoms with E-state index in [1.54, 1.807) is 6.07 Å². The number of carbonyl (C=O) groups is 2. The second-order valence-electron chi connectivity index (χ2n) is 8.72. The number of amides is 2. The molecule has 2 aromatic rings. The van der Waals surface area contributed by atoms with E-state index in [0.29, 0.717) is 33.2 Å².